The molecule has 1 atom stereocenters. The Hall–Kier alpha value is -1.39. The molecule has 1 unspecified atom stereocenters. The minimum atomic E-state index is 0.0395. The maximum absolute atomic E-state index is 11.9. The Morgan fingerprint density at radius 1 is 1.33 bits per heavy atom. The molecule has 3 rings (SSSR count). The van der Waals surface area contributed by atoms with Crippen LogP contribution in [0.5, 0.6) is 0 Å². The van der Waals surface area contributed by atoms with E-state index in [0.717, 1.165) is 23.8 Å². The smallest absolute Gasteiger partial charge is 0.238 e. The van der Waals surface area contributed by atoms with E-state index in [1.807, 2.05) is 31.2 Å². The number of anilines is 1. The van der Waals surface area contributed by atoms with Crippen LogP contribution in [-0.2, 0) is 4.79 Å². The number of nitrogens with one attached hydrogen (secondary N) is 2. The molecule has 1 amide bonds. The largest absolute Gasteiger partial charge is 0.325 e. The normalized spacial score (nSPS) is 22.4. The van der Waals surface area contributed by atoms with Crippen LogP contribution >= 0.6 is 0 Å². The first kappa shape index (κ1) is 14.5. The molecule has 1 heterocycles. The predicted octanol–water partition coefficient (Wildman–Crippen LogP) is 2.01. The summed E-state index contributed by atoms with van der Waals surface area (Å²) in [6, 6.07) is 8.78. The monoisotopic (exact) mass is 287 g/mol. The molecule has 1 aromatic rings. The molecular weight excluding hydrogens is 262 g/mol. The molecule has 2 aliphatic rings. The summed E-state index contributed by atoms with van der Waals surface area (Å²) in [5, 5.41) is 6.24. The molecule has 4 heteroatoms. The summed E-state index contributed by atoms with van der Waals surface area (Å²) < 4.78 is 0. The fraction of sp³-hybridized carbons (Fsp3) is 0.588. The highest BCUT2D eigenvalue weighted by molar-refractivity contribution is 5.92. The third-order valence-electron chi connectivity index (χ3n) is 4.40. The Kier molecular flexibility index (Phi) is 4.56. The number of aryl methyl sites for hydroxylation is 1. The summed E-state index contributed by atoms with van der Waals surface area (Å²) in [6.07, 6.45) is 4.04. The zero-order chi connectivity index (χ0) is 14.7. The van der Waals surface area contributed by atoms with E-state index >= 15 is 0 Å². The van der Waals surface area contributed by atoms with Gasteiger partial charge in [0.05, 0.1) is 6.54 Å². The molecular formula is C17H25N3O. The van der Waals surface area contributed by atoms with Crippen LogP contribution in [0.15, 0.2) is 24.3 Å². The fourth-order valence-corrected chi connectivity index (χ4v) is 3.12. The second kappa shape index (κ2) is 6.58. The zero-order valence-corrected chi connectivity index (χ0v) is 12.8. The van der Waals surface area contributed by atoms with Crippen molar-refractivity contribution in [1.82, 2.24) is 10.2 Å². The second-order valence-electron chi connectivity index (χ2n) is 6.43. The Balaban J connectivity index is 1.34. The van der Waals surface area contributed by atoms with Gasteiger partial charge in [0, 0.05) is 18.3 Å². The van der Waals surface area contributed by atoms with Gasteiger partial charge in [-0.1, -0.05) is 12.1 Å². The number of nitrogens with zero attached hydrogens (tertiary/aromatic N) is 1. The van der Waals surface area contributed by atoms with Crippen molar-refractivity contribution in [3.8, 4) is 0 Å². The van der Waals surface area contributed by atoms with E-state index in [4.69, 9.17) is 0 Å². The number of amides is 1. The summed E-state index contributed by atoms with van der Waals surface area (Å²) in [5.74, 6) is 0.745. The number of carbonyl (C=O) groups excluding carboxylic acids is 1. The van der Waals surface area contributed by atoms with Crippen molar-refractivity contribution in [2.24, 2.45) is 5.92 Å². The third-order valence-corrected chi connectivity index (χ3v) is 4.40. The molecule has 0 spiro atoms. The lowest BCUT2D eigenvalue weighted by Crippen LogP contribution is -2.33. The summed E-state index contributed by atoms with van der Waals surface area (Å²) >= 11 is 0. The lowest BCUT2D eigenvalue weighted by molar-refractivity contribution is -0.115. The first-order chi connectivity index (χ1) is 10.2. The highest BCUT2D eigenvalue weighted by Gasteiger charge is 2.33. The van der Waals surface area contributed by atoms with Crippen LogP contribution < -0.4 is 10.6 Å². The maximum atomic E-state index is 11.9. The minimum absolute atomic E-state index is 0.0395. The van der Waals surface area contributed by atoms with E-state index < -0.39 is 0 Å². The molecule has 1 aliphatic carbocycles. The van der Waals surface area contributed by atoms with E-state index in [-0.39, 0.29) is 5.91 Å². The second-order valence-corrected chi connectivity index (χ2v) is 6.43. The molecule has 1 aromatic carbocycles. The molecule has 4 nitrogen and oxygen atoms in total. The number of benzene rings is 1. The van der Waals surface area contributed by atoms with Crippen molar-refractivity contribution in [3.05, 3.63) is 29.8 Å². The van der Waals surface area contributed by atoms with Gasteiger partial charge in [0.25, 0.3) is 0 Å². The fourth-order valence-electron chi connectivity index (χ4n) is 3.12. The lowest BCUT2D eigenvalue weighted by atomic mass is 10.1. The maximum Gasteiger partial charge on any atom is 0.238 e. The van der Waals surface area contributed by atoms with Gasteiger partial charge in [0.15, 0.2) is 0 Å². The third kappa shape index (κ3) is 4.29. The minimum Gasteiger partial charge on any atom is -0.325 e. The van der Waals surface area contributed by atoms with Gasteiger partial charge in [-0.15, -0.1) is 0 Å². The quantitative estimate of drug-likeness (QED) is 0.841. The topological polar surface area (TPSA) is 44.4 Å². The van der Waals surface area contributed by atoms with Crippen molar-refractivity contribution in [1.29, 1.82) is 0 Å². The summed E-state index contributed by atoms with van der Waals surface area (Å²) in [6.45, 7) is 5.82. The van der Waals surface area contributed by atoms with E-state index in [1.54, 1.807) is 0 Å². The molecule has 114 valence electrons. The van der Waals surface area contributed by atoms with Gasteiger partial charge in [-0.2, -0.15) is 0 Å². The molecule has 1 aliphatic heterocycles. The van der Waals surface area contributed by atoms with Gasteiger partial charge >= 0.3 is 0 Å². The van der Waals surface area contributed by atoms with Gasteiger partial charge < -0.3 is 15.5 Å². The summed E-state index contributed by atoms with van der Waals surface area (Å²) in [7, 11) is 0. The predicted molar refractivity (Wildman–Crippen MR) is 85.4 cm³/mol. The highest BCUT2D eigenvalue weighted by Crippen LogP contribution is 2.31. The van der Waals surface area contributed by atoms with Crippen LogP contribution in [0.1, 0.15) is 24.8 Å². The van der Waals surface area contributed by atoms with E-state index in [9.17, 15) is 4.79 Å². The number of hydrogen-bond donors (Lipinski definition) is 2. The summed E-state index contributed by atoms with van der Waals surface area (Å²) in [5.41, 5.74) is 2.04. The highest BCUT2D eigenvalue weighted by atomic mass is 16.1. The lowest BCUT2D eigenvalue weighted by Gasteiger charge is -2.15. The molecule has 21 heavy (non-hydrogen) atoms. The van der Waals surface area contributed by atoms with E-state index in [1.165, 1.54) is 32.4 Å². The van der Waals surface area contributed by atoms with Crippen molar-refractivity contribution < 1.29 is 4.79 Å². The van der Waals surface area contributed by atoms with Crippen LogP contribution in [0, 0.1) is 12.8 Å². The van der Waals surface area contributed by atoms with Gasteiger partial charge in [-0.05, 0) is 62.9 Å². The first-order valence-electron chi connectivity index (χ1n) is 8.02. The Labute approximate surface area is 126 Å². The number of carbonyl (C=O) groups is 1. The number of hydrogen-bond acceptors (Lipinski definition) is 3. The first-order valence-corrected chi connectivity index (χ1v) is 8.02. The van der Waals surface area contributed by atoms with Crippen LogP contribution in [0.2, 0.25) is 0 Å². The summed E-state index contributed by atoms with van der Waals surface area (Å²) in [4.78, 5) is 14.5. The molecule has 0 radical (unpaired) electrons. The average Bonchev–Trinajstić information content (AvgIpc) is 3.19. The molecule has 1 saturated carbocycles. The van der Waals surface area contributed by atoms with E-state index in [2.05, 4.69) is 15.5 Å². The molecule has 0 aromatic heterocycles. The Bertz CT molecular complexity index is 499. The molecule has 0 bridgehead atoms. The van der Waals surface area contributed by atoms with Gasteiger partial charge in [-0.25, -0.2) is 0 Å². The Morgan fingerprint density at radius 3 is 2.95 bits per heavy atom. The molecule has 2 fully saturated rings. The van der Waals surface area contributed by atoms with Crippen LogP contribution in [0.3, 0.4) is 0 Å². The SMILES string of the molecule is Cc1cccc(NC(=O)CNCC2CCN(C3CC3)C2)c1. The Morgan fingerprint density at radius 2 is 2.19 bits per heavy atom. The van der Waals surface area contributed by atoms with Crippen molar-refractivity contribution >= 4 is 11.6 Å². The van der Waals surface area contributed by atoms with Gasteiger partial charge in [-0.3, -0.25) is 4.79 Å². The van der Waals surface area contributed by atoms with Crippen LogP contribution in [0.4, 0.5) is 5.69 Å². The van der Waals surface area contributed by atoms with Crippen molar-refractivity contribution in [2.75, 3.05) is 31.5 Å². The number of likely N-dealkylation sites (tertiary alicyclic amines) is 1. The van der Waals surface area contributed by atoms with Crippen molar-refractivity contribution in [2.45, 2.75) is 32.2 Å². The molecule has 2 N–H and O–H groups in total. The van der Waals surface area contributed by atoms with Gasteiger partial charge in [0.2, 0.25) is 5.91 Å². The standard InChI is InChI=1S/C17H25N3O/c1-13-3-2-4-15(9-13)19-17(21)11-18-10-14-7-8-20(12-14)16-5-6-16/h2-4,9,14,16,18H,5-8,10-12H2,1H3,(H,19,21). The number of rotatable bonds is 6. The van der Waals surface area contributed by atoms with Gasteiger partial charge in [0.1, 0.15) is 0 Å². The zero-order valence-electron chi connectivity index (χ0n) is 12.8. The van der Waals surface area contributed by atoms with Crippen LogP contribution in [0.25, 0.3) is 0 Å². The van der Waals surface area contributed by atoms with Crippen molar-refractivity contribution in [3.63, 3.8) is 0 Å². The average molecular weight is 287 g/mol. The van der Waals surface area contributed by atoms with E-state index in [0.29, 0.717) is 12.5 Å². The van der Waals surface area contributed by atoms with Crippen LogP contribution in [-0.4, -0.2) is 43.0 Å². The molecule has 1 saturated heterocycles.